The van der Waals surface area contributed by atoms with E-state index in [1.165, 1.54) is 18.1 Å². The molecule has 0 spiro atoms. The molecule has 0 atom stereocenters. The molecule has 16 heavy (non-hydrogen) atoms. The van der Waals surface area contributed by atoms with Gasteiger partial charge < -0.3 is 9.73 Å². The average molecular weight is 215 g/mol. The van der Waals surface area contributed by atoms with Gasteiger partial charge in [0.05, 0.1) is 11.8 Å². The predicted octanol–water partition coefficient (Wildman–Crippen LogP) is 2.52. The normalized spacial score (nSPS) is 10.1. The molecular weight excluding hydrogens is 202 g/mol. The Hall–Kier alpha value is -2.03. The van der Waals surface area contributed by atoms with Gasteiger partial charge in [0.2, 0.25) is 0 Å². The van der Waals surface area contributed by atoms with Crippen LogP contribution in [0, 0.1) is 6.92 Å². The van der Waals surface area contributed by atoms with Crippen molar-refractivity contribution in [3.8, 4) is 0 Å². The molecule has 1 amide bonds. The van der Waals surface area contributed by atoms with Gasteiger partial charge in [-0.1, -0.05) is 29.8 Å². The summed E-state index contributed by atoms with van der Waals surface area (Å²) in [6.07, 6.45) is 2.92. The highest BCUT2D eigenvalue weighted by Crippen LogP contribution is 2.04. The van der Waals surface area contributed by atoms with Gasteiger partial charge >= 0.3 is 0 Å². The summed E-state index contributed by atoms with van der Waals surface area (Å²) < 4.78 is 4.84. The molecule has 0 fully saturated rings. The maximum Gasteiger partial charge on any atom is 0.254 e. The van der Waals surface area contributed by atoms with Crippen molar-refractivity contribution in [1.82, 2.24) is 5.32 Å². The predicted molar refractivity (Wildman–Crippen MR) is 61.1 cm³/mol. The molecule has 0 aliphatic carbocycles. The first-order valence-electron chi connectivity index (χ1n) is 5.11. The van der Waals surface area contributed by atoms with Crippen molar-refractivity contribution in [3.63, 3.8) is 0 Å². The smallest absolute Gasteiger partial charge is 0.254 e. The van der Waals surface area contributed by atoms with Crippen molar-refractivity contribution >= 4 is 5.91 Å². The Morgan fingerprint density at radius 2 is 2.00 bits per heavy atom. The summed E-state index contributed by atoms with van der Waals surface area (Å²) in [5, 5.41) is 2.82. The molecule has 0 unspecified atom stereocenters. The van der Waals surface area contributed by atoms with Gasteiger partial charge in [0.15, 0.2) is 0 Å². The molecule has 1 heterocycles. The third kappa shape index (κ3) is 2.51. The quantitative estimate of drug-likeness (QED) is 0.854. The van der Waals surface area contributed by atoms with Crippen LogP contribution in [0.25, 0.3) is 0 Å². The zero-order valence-corrected chi connectivity index (χ0v) is 9.07. The van der Waals surface area contributed by atoms with Gasteiger partial charge in [-0.25, -0.2) is 0 Å². The number of hydrogen-bond donors (Lipinski definition) is 1. The molecular formula is C13H13NO2. The molecule has 0 aliphatic heterocycles. The number of aryl methyl sites for hydroxylation is 1. The van der Waals surface area contributed by atoms with Crippen LogP contribution in [0.15, 0.2) is 47.3 Å². The molecule has 3 heteroatoms. The fourth-order valence-electron chi connectivity index (χ4n) is 1.38. The number of rotatable bonds is 3. The van der Waals surface area contributed by atoms with Gasteiger partial charge in [-0.2, -0.15) is 0 Å². The Bertz CT molecular complexity index is 457. The second kappa shape index (κ2) is 4.66. The number of amides is 1. The van der Waals surface area contributed by atoms with Gasteiger partial charge in [-0.15, -0.1) is 0 Å². The molecule has 0 bridgehead atoms. The minimum Gasteiger partial charge on any atom is -0.472 e. The maximum atomic E-state index is 11.6. The topological polar surface area (TPSA) is 42.2 Å². The van der Waals surface area contributed by atoms with Gasteiger partial charge in [-0.05, 0) is 18.6 Å². The van der Waals surface area contributed by atoms with Crippen LogP contribution in [0.5, 0.6) is 0 Å². The lowest BCUT2D eigenvalue weighted by atomic mass is 10.1. The van der Waals surface area contributed by atoms with Gasteiger partial charge in [0.1, 0.15) is 6.26 Å². The summed E-state index contributed by atoms with van der Waals surface area (Å²) in [5.74, 6) is -0.116. The molecule has 1 aromatic heterocycles. The monoisotopic (exact) mass is 215 g/mol. The number of furan rings is 1. The van der Waals surface area contributed by atoms with Crippen molar-refractivity contribution in [2.24, 2.45) is 0 Å². The Morgan fingerprint density at radius 3 is 2.62 bits per heavy atom. The minimum atomic E-state index is -0.116. The highest BCUT2D eigenvalue weighted by atomic mass is 16.3. The van der Waals surface area contributed by atoms with E-state index in [9.17, 15) is 4.79 Å². The van der Waals surface area contributed by atoms with E-state index in [1.807, 2.05) is 31.2 Å². The molecule has 82 valence electrons. The molecule has 2 rings (SSSR count). The average Bonchev–Trinajstić information content (AvgIpc) is 2.81. The Balaban J connectivity index is 1.93. The SMILES string of the molecule is Cc1ccc(CNC(=O)c2ccoc2)cc1. The fourth-order valence-corrected chi connectivity index (χ4v) is 1.38. The van der Waals surface area contributed by atoms with Crippen molar-refractivity contribution in [2.75, 3.05) is 0 Å². The Morgan fingerprint density at radius 1 is 1.25 bits per heavy atom. The fraction of sp³-hybridized carbons (Fsp3) is 0.154. The summed E-state index contributed by atoms with van der Waals surface area (Å²) in [6, 6.07) is 9.71. The van der Waals surface area contributed by atoms with Crippen molar-refractivity contribution in [2.45, 2.75) is 13.5 Å². The van der Waals surface area contributed by atoms with E-state index in [-0.39, 0.29) is 5.91 Å². The molecule has 1 N–H and O–H groups in total. The lowest BCUT2D eigenvalue weighted by Gasteiger charge is -2.03. The molecule has 0 saturated heterocycles. The largest absolute Gasteiger partial charge is 0.472 e. The number of hydrogen-bond acceptors (Lipinski definition) is 2. The van der Waals surface area contributed by atoms with Gasteiger partial charge in [0, 0.05) is 6.54 Å². The first kappa shape index (κ1) is 10.5. The van der Waals surface area contributed by atoms with E-state index in [4.69, 9.17) is 4.42 Å². The van der Waals surface area contributed by atoms with E-state index >= 15 is 0 Å². The molecule has 3 nitrogen and oxygen atoms in total. The second-order valence-electron chi connectivity index (χ2n) is 3.68. The molecule has 1 aromatic carbocycles. The van der Waals surface area contributed by atoms with Crippen LogP contribution >= 0.6 is 0 Å². The van der Waals surface area contributed by atoms with Crippen LogP contribution in [-0.4, -0.2) is 5.91 Å². The molecule has 2 aromatic rings. The third-order valence-electron chi connectivity index (χ3n) is 2.36. The lowest BCUT2D eigenvalue weighted by Crippen LogP contribution is -2.22. The minimum absolute atomic E-state index is 0.116. The summed E-state index contributed by atoms with van der Waals surface area (Å²) in [7, 11) is 0. The molecule has 0 saturated carbocycles. The van der Waals surface area contributed by atoms with Crippen LogP contribution in [0.4, 0.5) is 0 Å². The van der Waals surface area contributed by atoms with E-state index in [2.05, 4.69) is 5.32 Å². The first-order valence-corrected chi connectivity index (χ1v) is 5.11. The van der Waals surface area contributed by atoms with Crippen LogP contribution < -0.4 is 5.32 Å². The highest BCUT2D eigenvalue weighted by Gasteiger charge is 2.05. The number of carbonyl (C=O) groups excluding carboxylic acids is 1. The molecule has 0 radical (unpaired) electrons. The van der Waals surface area contributed by atoms with E-state index in [0.717, 1.165) is 5.56 Å². The van der Waals surface area contributed by atoms with Gasteiger partial charge in [0.25, 0.3) is 5.91 Å². The lowest BCUT2D eigenvalue weighted by molar-refractivity contribution is 0.0950. The second-order valence-corrected chi connectivity index (χ2v) is 3.68. The van der Waals surface area contributed by atoms with Crippen molar-refractivity contribution in [3.05, 3.63) is 59.5 Å². The standard InChI is InChI=1S/C13H13NO2/c1-10-2-4-11(5-3-10)8-14-13(15)12-6-7-16-9-12/h2-7,9H,8H2,1H3,(H,14,15). The molecule has 0 aliphatic rings. The van der Waals surface area contributed by atoms with E-state index < -0.39 is 0 Å². The Labute approximate surface area is 94.1 Å². The zero-order chi connectivity index (χ0) is 11.4. The van der Waals surface area contributed by atoms with Crippen molar-refractivity contribution in [1.29, 1.82) is 0 Å². The van der Waals surface area contributed by atoms with Crippen LogP contribution in [0.3, 0.4) is 0 Å². The first-order chi connectivity index (χ1) is 7.75. The summed E-state index contributed by atoms with van der Waals surface area (Å²) in [5.41, 5.74) is 2.85. The third-order valence-corrected chi connectivity index (χ3v) is 2.36. The van der Waals surface area contributed by atoms with Crippen LogP contribution in [0.1, 0.15) is 21.5 Å². The van der Waals surface area contributed by atoms with Gasteiger partial charge in [-0.3, -0.25) is 4.79 Å². The van der Waals surface area contributed by atoms with Crippen LogP contribution in [0.2, 0.25) is 0 Å². The number of carbonyl (C=O) groups is 1. The van der Waals surface area contributed by atoms with E-state index in [0.29, 0.717) is 12.1 Å². The highest BCUT2D eigenvalue weighted by molar-refractivity contribution is 5.93. The number of benzene rings is 1. The summed E-state index contributed by atoms with van der Waals surface area (Å²) in [6.45, 7) is 2.57. The van der Waals surface area contributed by atoms with Crippen molar-refractivity contribution < 1.29 is 9.21 Å². The zero-order valence-electron chi connectivity index (χ0n) is 9.07. The number of nitrogens with one attached hydrogen (secondary N) is 1. The summed E-state index contributed by atoms with van der Waals surface area (Å²) in [4.78, 5) is 11.6. The summed E-state index contributed by atoms with van der Waals surface area (Å²) >= 11 is 0. The van der Waals surface area contributed by atoms with Crippen LogP contribution in [-0.2, 0) is 6.54 Å². The Kier molecular flexibility index (Phi) is 3.05. The maximum absolute atomic E-state index is 11.6. The van der Waals surface area contributed by atoms with E-state index in [1.54, 1.807) is 6.07 Å².